The van der Waals surface area contributed by atoms with Gasteiger partial charge in [-0.3, -0.25) is 14.6 Å². The second kappa shape index (κ2) is 10.8. The van der Waals surface area contributed by atoms with Crippen molar-refractivity contribution < 1.29 is 49.8 Å². The zero-order valence-electron chi connectivity index (χ0n) is 22.5. The molecule has 1 atom stereocenters. The Labute approximate surface area is 243 Å². The van der Waals surface area contributed by atoms with Crippen LogP contribution in [0.25, 0.3) is 11.3 Å². The van der Waals surface area contributed by atoms with Crippen molar-refractivity contribution in [2.75, 3.05) is 11.9 Å². The summed E-state index contributed by atoms with van der Waals surface area (Å²) in [5.74, 6) is -5.14. The molecule has 44 heavy (non-hydrogen) atoms. The molecule has 3 aromatic rings. The number of fused-ring (bicyclic) bond motifs is 1. The third kappa shape index (κ3) is 5.44. The number of halogens is 8. The number of hydrogen-bond acceptors (Lipinski definition) is 6. The molecule has 1 aromatic heterocycles. The van der Waals surface area contributed by atoms with Crippen molar-refractivity contribution in [1.82, 2.24) is 20.0 Å². The van der Waals surface area contributed by atoms with Gasteiger partial charge in [-0.25, -0.2) is 23.8 Å². The molecule has 2 aromatic carbocycles. The number of rotatable bonds is 5. The zero-order valence-corrected chi connectivity index (χ0v) is 22.5. The Morgan fingerprint density at radius 2 is 1.70 bits per heavy atom. The lowest BCUT2D eigenvalue weighted by atomic mass is 9.90. The molecule has 0 radical (unpaired) electrons. The highest BCUT2D eigenvalue weighted by atomic mass is 19.4. The van der Waals surface area contributed by atoms with Crippen LogP contribution < -0.4 is 5.32 Å². The number of nitrogens with zero attached hydrogens (tertiary/aromatic N) is 4. The summed E-state index contributed by atoms with van der Waals surface area (Å²) in [5.41, 5.74) is -7.19. The van der Waals surface area contributed by atoms with Crippen molar-refractivity contribution in [1.29, 1.82) is 0 Å². The SMILES string of the molecule is CC12CCCN1N(Cc1c(F)cccc1F)C(=O)C(C(=O)Nc1ccc(C(F)(F)F)cc1-c1cc(C(F)(F)F)ncn1)=C2O. The Kier molecular flexibility index (Phi) is 7.60. The van der Waals surface area contributed by atoms with E-state index in [0.717, 1.165) is 29.3 Å². The number of amides is 2. The van der Waals surface area contributed by atoms with Gasteiger partial charge in [0.05, 0.1) is 29.0 Å². The predicted molar refractivity (Wildman–Crippen MR) is 137 cm³/mol. The molecule has 232 valence electrons. The van der Waals surface area contributed by atoms with Gasteiger partial charge in [-0.05, 0) is 56.2 Å². The molecule has 0 aliphatic carbocycles. The topological polar surface area (TPSA) is 98.7 Å². The molecule has 0 bridgehead atoms. The van der Waals surface area contributed by atoms with Crippen LogP contribution >= 0.6 is 0 Å². The average Bonchev–Trinajstić information content (AvgIpc) is 3.34. The Bertz CT molecular complexity index is 1670. The zero-order chi connectivity index (χ0) is 32.2. The van der Waals surface area contributed by atoms with Gasteiger partial charge in [0.2, 0.25) is 0 Å². The van der Waals surface area contributed by atoms with E-state index in [2.05, 4.69) is 15.3 Å². The van der Waals surface area contributed by atoms with Crippen LogP contribution in [0, 0.1) is 11.6 Å². The van der Waals surface area contributed by atoms with Crippen LogP contribution in [0.15, 0.2) is 60.1 Å². The van der Waals surface area contributed by atoms with Gasteiger partial charge in [0.1, 0.15) is 35.0 Å². The first-order chi connectivity index (χ1) is 20.5. The predicted octanol–water partition coefficient (Wildman–Crippen LogP) is 6.02. The summed E-state index contributed by atoms with van der Waals surface area (Å²) in [4.78, 5) is 33.9. The lowest BCUT2D eigenvalue weighted by molar-refractivity contribution is -0.160. The van der Waals surface area contributed by atoms with E-state index in [1.807, 2.05) is 0 Å². The molecule has 2 aliphatic rings. The fraction of sp³-hybridized carbons (Fsp3) is 0.286. The molecular formula is C28H21F8N5O3. The highest BCUT2D eigenvalue weighted by molar-refractivity contribution is 6.24. The highest BCUT2D eigenvalue weighted by Crippen LogP contribution is 2.43. The molecule has 1 unspecified atom stereocenters. The summed E-state index contributed by atoms with van der Waals surface area (Å²) in [7, 11) is 0. The van der Waals surface area contributed by atoms with Gasteiger partial charge >= 0.3 is 12.4 Å². The van der Waals surface area contributed by atoms with Crippen LogP contribution in [-0.4, -0.2) is 49.0 Å². The fourth-order valence-electron chi connectivity index (χ4n) is 5.27. The van der Waals surface area contributed by atoms with E-state index in [0.29, 0.717) is 30.9 Å². The van der Waals surface area contributed by atoms with Crippen LogP contribution in [0.2, 0.25) is 0 Å². The molecule has 5 rings (SSSR count). The normalized spacial score (nSPS) is 19.4. The standard InChI is InChI=1S/C28H21F8N5O3/c1-26-8-3-9-41(26)40(12-16-17(29)4-2-5-18(16)30)25(44)22(23(26)42)24(43)39-19-7-6-14(27(31,32)33)10-15(19)20-11-21(28(34,35)36)38-13-37-20/h2,4-7,10-11,13,42H,3,8-9,12H2,1H3,(H,39,43). The van der Waals surface area contributed by atoms with Gasteiger partial charge in [-0.1, -0.05) is 6.07 Å². The lowest BCUT2D eigenvalue weighted by Crippen LogP contribution is -2.60. The van der Waals surface area contributed by atoms with Crippen LogP contribution in [0.4, 0.5) is 40.8 Å². The maximum atomic E-state index is 14.5. The molecule has 2 N–H and O–H groups in total. The van der Waals surface area contributed by atoms with Crippen molar-refractivity contribution in [3.05, 3.63) is 88.6 Å². The van der Waals surface area contributed by atoms with Gasteiger partial charge in [-0.2, -0.15) is 26.3 Å². The summed E-state index contributed by atoms with van der Waals surface area (Å²) >= 11 is 0. The minimum Gasteiger partial charge on any atom is -0.509 e. The van der Waals surface area contributed by atoms with Crippen molar-refractivity contribution in [2.24, 2.45) is 0 Å². The van der Waals surface area contributed by atoms with Crippen molar-refractivity contribution >= 4 is 17.5 Å². The van der Waals surface area contributed by atoms with Crippen LogP contribution in [0.3, 0.4) is 0 Å². The molecule has 2 amide bonds. The molecule has 0 saturated carbocycles. The minimum absolute atomic E-state index is 0.176. The molecule has 2 aliphatic heterocycles. The first-order valence-corrected chi connectivity index (χ1v) is 12.9. The summed E-state index contributed by atoms with van der Waals surface area (Å²) in [6.45, 7) is 1.00. The molecule has 8 nitrogen and oxygen atoms in total. The van der Waals surface area contributed by atoms with Gasteiger partial charge < -0.3 is 10.4 Å². The van der Waals surface area contributed by atoms with Gasteiger partial charge in [0.15, 0.2) is 0 Å². The molecule has 0 spiro atoms. The average molecular weight is 627 g/mol. The number of hydrazine groups is 1. The van der Waals surface area contributed by atoms with E-state index in [9.17, 15) is 49.8 Å². The van der Waals surface area contributed by atoms with E-state index in [1.165, 1.54) is 11.9 Å². The number of carbonyl (C=O) groups is 2. The summed E-state index contributed by atoms with van der Waals surface area (Å²) in [6, 6.07) is 5.22. The monoisotopic (exact) mass is 627 g/mol. The third-order valence-corrected chi connectivity index (χ3v) is 7.52. The number of benzene rings is 2. The maximum Gasteiger partial charge on any atom is 0.433 e. The molecule has 16 heteroatoms. The number of alkyl halides is 6. The molecule has 1 fully saturated rings. The third-order valence-electron chi connectivity index (χ3n) is 7.52. The molecule has 1 saturated heterocycles. The number of hydrogen-bond donors (Lipinski definition) is 2. The number of carbonyl (C=O) groups excluding carboxylic acids is 2. The number of aromatic nitrogens is 2. The second-order valence-corrected chi connectivity index (χ2v) is 10.3. The Hall–Kier alpha value is -4.60. The summed E-state index contributed by atoms with van der Waals surface area (Å²) < 4.78 is 110. The minimum atomic E-state index is -4.97. The number of aliphatic hydroxyl groups excluding tert-OH is 1. The van der Waals surface area contributed by atoms with E-state index < -0.39 is 93.0 Å². The maximum absolute atomic E-state index is 14.5. The number of anilines is 1. The lowest BCUT2D eigenvalue weighted by Gasteiger charge is -2.46. The smallest absolute Gasteiger partial charge is 0.433 e. The van der Waals surface area contributed by atoms with Crippen molar-refractivity contribution in [3.8, 4) is 11.3 Å². The number of aliphatic hydroxyl groups is 1. The first-order valence-electron chi connectivity index (χ1n) is 12.9. The van der Waals surface area contributed by atoms with Crippen molar-refractivity contribution in [3.63, 3.8) is 0 Å². The number of nitrogens with one attached hydrogen (secondary N) is 1. The highest BCUT2D eigenvalue weighted by Gasteiger charge is 2.53. The molecular weight excluding hydrogens is 606 g/mol. The Balaban J connectivity index is 1.57. The van der Waals surface area contributed by atoms with Crippen LogP contribution in [0.1, 0.15) is 36.6 Å². The van der Waals surface area contributed by atoms with Crippen molar-refractivity contribution in [2.45, 2.75) is 44.2 Å². The van der Waals surface area contributed by atoms with E-state index >= 15 is 0 Å². The summed E-state index contributed by atoms with van der Waals surface area (Å²) in [6.07, 6.45) is -8.79. The Morgan fingerprint density at radius 3 is 2.34 bits per heavy atom. The summed E-state index contributed by atoms with van der Waals surface area (Å²) in [5, 5.41) is 15.6. The van der Waals surface area contributed by atoms with Gasteiger partial charge in [0, 0.05) is 17.7 Å². The largest absolute Gasteiger partial charge is 0.509 e. The quantitative estimate of drug-likeness (QED) is 0.265. The first kappa shape index (κ1) is 30.8. The van der Waals surface area contributed by atoms with Crippen LogP contribution in [0.5, 0.6) is 0 Å². The van der Waals surface area contributed by atoms with E-state index in [-0.39, 0.29) is 13.0 Å². The van der Waals surface area contributed by atoms with Gasteiger partial charge in [0.25, 0.3) is 11.8 Å². The van der Waals surface area contributed by atoms with Crippen LogP contribution in [-0.2, 0) is 28.5 Å². The Morgan fingerprint density at radius 1 is 1.02 bits per heavy atom. The van der Waals surface area contributed by atoms with Gasteiger partial charge in [-0.15, -0.1) is 0 Å². The molecule has 3 heterocycles. The second-order valence-electron chi connectivity index (χ2n) is 10.3. The fourth-order valence-corrected chi connectivity index (χ4v) is 5.27. The van der Waals surface area contributed by atoms with E-state index in [4.69, 9.17) is 0 Å². The van der Waals surface area contributed by atoms with E-state index in [1.54, 1.807) is 0 Å².